The van der Waals surface area contributed by atoms with Crippen molar-refractivity contribution in [2.24, 2.45) is 5.92 Å². The Morgan fingerprint density at radius 3 is 2.62 bits per heavy atom. The highest BCUT2D eigenvalue weighted by molar-refractivity contribution is 5.88. The second-order valence-electron chi connectivity index (χ2n) is 5.97. The van der Waals surface area contributed by atoms with E-state index in [1.54, 1.807) is 6.92 Å². The monoisotopic (exact) mass is 292 g/mol. The van der Waals surface area contributed by atoms with E-state index < -0.39 is 5.97 Å². The van der Waals surface area contributed by atoms with Crippen LogP contribution >= 0.6 is 0 Å². The van der Waals surface area contributed by atoms with E-state index in [4.69, 9.17) is 9.52 Å². The SMILES string of the molecule is Cc1oc(CNC(=O)N(CC2CC2)C2CC2)cc1C(=O)O. The average molecular weight is 292 g/mol. The zero-order valence-electron chi connectivity index (χ0n) is 12.1. The summed E-state index contributed by atoms with van der Waals surface area (Å²) >= 11 is 0. The number of carboxylic acid groups (broad SMARTS) is 1. The van der Waals surface area contributed by atoms with Gasteiger partial charge in [-0.2, -0.15) is 0 Å². The Labute approximate surface area is 123 Å². The second kappa shape index (κ2) is 5.42. The quantitative estimate of drug-likeness (QED) is 0.843. The highest BCUT2D eigenvalue weighted by Crippen LogP contribution is 2.34. The van der Waals surface area contributed by atoms with Gasteiger partial charge in [-0.1, -0.05) is 0 Å². The molecular weight excluding hydrogens is 272 g/mol. The Morgan fingerprint density at radius 1 is 1.38 bits per heavy atom. The number of nitrogens with one attached hydrogen (secondary N) is 1. The first kappa shape index (κ1) is 14.0. The zero-order valence-corrected chi connectivity index (χ0v) is 12.1. The van der Waals surface area contributed by atoms with Crippen molar-refractivity contribution in [2.45, 2.75) is 45.2 Å². The summed E-state index contributed by atoms with van der Waals surface area (Å²) < 4.78 is 5.36. The molecule has 1 aromatic heterocycles. The number of carbonyl (C=O) groups excluding carboxylic acids is 1. The molecule has 0 atom stereocenters. The fourth-order valence-electron chi connectivity index (χ4n) is 2.47. The molecule has 2 N–H and O–H groups in total. The first-order valence-electron chi connectivity index (χ1n) is 7.41. The Kier molecular flexibility index (Phi) is 3.61. The van der Waals surface area contributed by atoms with Gasteiger partial charge in [-0.3, -0.25) is 0 Å². The van der Waals surface area contributed by atoms with E-state index in [2.05, 4.69) is 5.32 Å². The maximum atomic E-state index is 12.2. The molecule has 0 unspecified atom stereocenters. The molecule has 2 amide bonds. The van der Waals surface area contributed by atoms with Crippen LogP contribution in [0.5, 0.6) is 0 Å². The summed E-state index contributed by atoms with van der Waals surface area (Å²) in [5.74, 6) is 0.493. The van der Waals surface area contributed by atoms with Crippen LogP contribution in [0.1, 0.15) is 47.6 Å². The minimum atomic E-state index is -1.01. The van der Waals surface area contributed by atoms with Crippen LogP contribution in [0.15, 0.2) is 10.5 Å². The van der Waals surface area contributed by atoms with Gasteiger partial charge >= 0.3 is 12.0 Å². The molecule has 3 rings (SSSR count). The summed E-state index contributed by atoms with van der Waals surface area (Å²) in [5.41, 5.74) is 0.149. The first-order chi connectivity index (χ1) is 10.0. The van der Waals surface area contributed by atoms with Gasteiger partial charge in [0.25, 0.3) is 0 Å². The van der Waals surface area contributed by atoms with Crippen LogP contribution in [0, 0.1) is 12.8 Å². The number of aromatic carboxylic acids is 1. The number of amides is 2. The molecule has 114 valence electrons. The molecule has 0 radical (unpaired) electrons. The van der Waals surface area contributed by atoms with Gasteiger partial charge in [0.1, 0.15) is 17.1 Å². The second-order valence-corrected chi connectivity index (χ2v) is 5.97. The van der Waals surface area contributed by atoms with Crippen molar-refractivity contribution in [1.29, 1.82) is 0 Å². The number of hydrogen-bond donors (Lipinski definition) is 2. The lowest BCUT2D eigenvalue weighted by atomic mass is 10.2. The number of carboxylic acids is 1. The van der Waals surface area contributed by atoms with Crippen molar-refractivity contribution in [3.63, 3.8) is 0 Å². The van der Waals surface area contributed by atoms with Gasteiger partial charge in [0, 0.05) is 12.6 Å². The van der Waals surface area contributed by atoms with Crippen molar-refractivity contribution >= 4 is 12.0 Å². The van der Waals surface area contributed by atoms with Crippen molar-refractivity contribution < 1.29 is 19.1 Å². The number of aryl methyl sites for hydroxylation is 1. The van der Waals surface area contributed by atoms with Gasteiger partial charge in [-0.15, -0.1) is 0 Å². The Morgan fingerprint density at radius 2 is 2.10 bits per heavy atom. The molecule has 1 aromatic rings. The minimum absolute atomic E-state index is 0.0738. The number of hydrogen-bond acceptors (Lipinski definition) is 3. The van der Waals surface area contributed by atoms with Crippen molar-refractivity contribution in [1.82, 2.24) is 10.2 Å². The highest BCUT2D eigenvalue weighted by Gasteiger charge is 2.36. The van der Waals surface area contributed by atoms with E-state index in [1.165, 1.54) is 18.9 Å². The third-order valence-corrected chi connectivity index (χ3v) is 4.01. The van der Waals surface area contributed by atoms with Crippen LogP contribution in [-0.2, 0) is 6.54 Å². The highest BCUT2D eigenvalue weighted by atomic mass is 16.4. The number of rotatable bonds is 6. The smallest absolute Gasteiger partial charge is 0.339 e. The standard InChI is InChI=1S/C15H20N2O4/c1-9-13(14(18)19)6-12(21-9)7-16-15(20)17(11-4-5-11)8-10-2-3-10/h6,10-11H,2-5,7-8H2,1H3,(H,16,20)(H,18,19). The molecule has 0 aromatic carbocycles. The van der Waals surface area contributed by atoms with Gasteiger partial charge in [-0.25, -0.2) is 9.59 Å². The third kappa shape index (κ3) is 3.37. The molecule has 2 aliphatic carbocycles. The van der Waals surface area contributed by atoms with E-state index in [1.807, 2.05) is 4.90 Å². The number of urea groups is 1. The lowest BCUT2D eigenvalue weighted by molar-refractivity contribution is 0.0695. The summed E-state index contributed by atoms with van der Waals surface area (Å²) in [5, 5.41) is 11.8. The summed E-state index contributed by atoms with van der Waals surface area (Å²) in [6.45, 7) is 2.67. The van der Waals surface area contributed by atoms with E-state index >= 15 is 0 Å². The molecule has 1 heterocycles. The molecule has 2 saturated carbocycles. The topological polar surface area (TPSA) is 82.8 Å². The molecule has 2 fully saturated rings. The molecule has 6 nitrogen and oxygen atoms in total. The average Bonchev–Trinajstić information content (AvgIpc) is 3.32. The molecule has 6 heteroatoms. The van der Waals surface area contributed by atoms with Crippen LogP contribution in [0.3, 0.4) is 0 Å². The maximum Gasteiger partial charge on any atom is 0.339 e. The number of carbonyl (C=O) groups is 2. The van der Waals surface area contributed by atoms with Gasteiger partial charge < -0.3 is 19.7 Å². The largest absolute Gasteiger partial charge is 0.478 e. The van der Waals surface area contributed by atoms with Crippen molar-refractivity contribution in [3.8, 4) is 0 Å². The number of nitrogens with zero attached hydrogens (tertiary/aromatic N) is 1. The Balaban J connectivity index is 1.56. The molecule has 0 aliphatic heterocycles. The van der Waals surface area contributed by atoms with Crippen LogP contribution < -0.4 is 5.32 Å². The fourth-order valence-corrected chi connectivity index (χ4v) is 2.47. The lowest BCUT2D eigenvalue weighted by Crippen LogP contribution is -2.42. The molecule has 0 spiro atoms. The number of furan rings is 1. The van der Waals surface area contributed by atoms with Crippen molar-refractivity contribution in [3.05, 3.63) is 23.2 Å². The predicted octanol–water partition coefficient (Wildman–Crippen LogP) is 2.37. The van der Waals surface area contributed by atoms with Gasteiger partial charge in [0.05, 0.1) is 6.54 Å². The first-order valence-corrected chi connectivity index (χ1v) is 7.41. The van der Waals surface area contributed by atoms with Crippen LogP contribution in [-0.4, -0.2) is 34.6 Å². The van der Waals surface area contributed by atoms with Crippen LogP contribution in [0.25, 0.3) is 0 Å². The summed E-state index contributed by atoms with van der Waals surface area (Å²) in [7, 11) is 0. The molecule has 0 saturated heterocycles. The van der Waals surface area contributed by atoms with Crippen LogP contribution in [0.2, 0.25) is 0 Å². The van der Waals surface area contributed by atoms with E-state index in [9.17, 15) is 9.59 Å². The molecule has 2 aliphatic rings. The van der Waals surface area contributed by atoms with Gasteiger partial charge in [0.15, 0.2) is 0 Å². The Bertz CT molecular complexity index is 558. The van der Waals surface area contributed by atoms with Crippen molar-refractivity contribution in [2.75, 3.05) is 6.54 Å². The molecule has 0 bridgehead atoms. The fraction of sp³-hybridized carbons (Fsp3) is 0.600. The predicted molar refractivity (Wildman–Crippen MR) is 75.1 cm³/mol. The van der Waals surface area contributed by atoms with Crippen LogP contribution in [0.4, 0.5) is 4.79 Å². The zero-order chi connectivity index (χ0) is 15.0. The molecular formula is C15H20N2O4. The normalized spacial score (nSPS) is 17.6. The third-order valence-electron chi connectivity index (χ3n) is 4.01. The minimum Gasteiger partial charge on any atom is -0.478 e. The lowest BCUT2D eigenvalue weighted by Gasteiger charge is -2.22. The van der Waals surface area contributed by atoms with E-state index in [-0.39, 0.29) is 18.1 Å². The summed E-state index contributed by atoms with van der Waals surface area (Å²) in [6, 6.07) is 1.79. The van der Waals surface area contributed by atoms with E-state index in [0.717, 1.165) is 19.4 Å². The summed E-state index contributed by atoms with van der Waals surface area (Å²) in [6.07, 6.45) is 4.61. The van der Waals surface area contributed by atoms with E-state index in [0.29, 0.717) is 23.5 Å². The van der Waals surface area contributed by atoms with Gasteiger partial charge in [0.2, 0.25) is 0 Å². The maximum absolute atomic E-state index is 12.2. The van der Waals surface area contributed by atoms with Gasteiger partial charge in [-0.05, 0) is 44.6 Å². The molecule has 21 heavy (non-hydrogen) atoms. The summed E-state index contributed by atoms with van der Waals surface area (Å²) in [4.78, 5) is 25.1. The Hall–Kier alpha value is -1.98.